The first-order valence-corrected chi connectivity index (χ1v) is 8.35. The molecule has 0 spiro atoms. The van der Waals surface area contributed by atoms with Gasteiger partial charge in [0.05, 0.1) is 6.10 Å². The maximum absolute atomic E-state index is 12.7. The summed E-state index contributed by atoms with van der Waals surface area (Å²) in [6.07, 6.45) is 8.05. The number of piperidine rings is 1. The summed E-state index contributed by atoms with van der Waals surface area (Å²) in [5.74, 6) is 1.27. The van der Waals surface area contributed by atoms with E-state index in [2.05, 4.69) is 4.90 Å². The third kappa shape index (κ3) is 4.19. The average Bonchev–Trinajstić information content (AvgIpc) is 2.48. The molecule has 2 N–H and O–H groups in total. The summed E-state index contributed by atoms with van der Waals surface area (Å²) in [6.45, 7) is 5.24. The summed E-state index contributed by atoms with van der Waals surface area (Å²) in [6, 6.07) is 0. The number of carbonyl (C=O) groups excluding carboxylic acids is 1. The summed E-state index contributed by atoms with van der Waals surface area (Å²) in [5, 5.41) is 0. The van der Waals surface area contributed by atoms with Gasteiger partial charge in [-0.3, -0.25) is 4.79 Å². The van der Waals surface area contributed by atoms with Gasteiger partial charge in [0.2, 0.25) is 5.91 Å². The third-order valence-electron chi connectivity index (χ3n) is 4.80. The third-order valence-corrected chi connectivity index (χ3v) is 4.80. The van der Waals surface area contributed by atoms with Crippen molar-refractivity contribution in [2.75, 3.05) is 26.2 Å². The molecule has 0 aromatic rings. The smallest absolute Gasteiger partial charge is 0.225 e. The van der Waals surface area contributed by atoms with Gasteiger partial charge in [0.1, 0.15) is 0 Å². The Morgan fingerprint density at radius 3 is 2.90 bits per heavy atom. The Kier molecular flexibility index (Phi) is 6.30. The molecule has 3 atom stereocenters. The van der Waals surface area contributed by atoms with Gasteiger partial charge in [0.25, 0.3) is 0 Å². The molecule has 4 nitrogen and oxygen atoms in total. The molecule has 116 valence electrons. The molecule has 4 heteroatoms. The van der Waals surface area contributed by atoms with Crippen molar-refractivity contribution < 1.29 is 9.53 Å². The largest absolute Gasteiger partial charge is 0.377 e. The minimum absolute atomic E-state index is 0.237. The lowest BCUT2D eigenvalue weighted by atomic mass is 9.79. The minimum Gasteiger partial charge on any atom is -0.377 e. The molecule has 2 aliphatic rings. The van der Waals surface area contributed by atoms with Gasteiger partial charge in [-0.05, 0) is 51.5 Å². The molecular formula is C16H30N2O2. The van der Waals surface area contributed by atoms with E-state index in [4.69, 9.17) is 10.5 Å². The highest BCUT2D eigenvalue weighted by Crippen LogP contribution is 2.32. The predicted molar refractivity (Wildman–Crippen MR) is 80.3 cm³/mol. The lowest BCUT2D eigenvalue weighted by Gasteiger charge is -2.37. The van der Waals surface area contributed by atoms with Crippen LogP contribution in [0.2, 0.25) is 0 Å². The Labute approximate surface area is 123 Å². The molecule has 0 aromatic carbocycles. The summed E-state index contributed by atoms with van der Waals surface area (Å²) >= 11 is 0. The van der Waals surface area contributed by atoms with E-state index in [1.807, 2.05) is 6.92 Å². The highest BCUT2D eigenvalue weighted by atomic mass is 16.5. The minimum atomic E-state index is 0.237. The second-order valence-electron chi connectivity index (χ2n) is 6.31. The van der Waals surface area contributed by atoms with E-state index in [0.29, 0.717) is 11.8 Å². The Bertz CT molecular complexity index is 277. The zero-order valence-electron chi connectivity index (χ0n) is 12.9. The molecule has 1 aliphatic carbocycles. The fourth-order valence-electron chi connectivity index (χ4n) is 3.78. The van der Waals surface area contributed by atoms with E-state index in [9.17, 15) is 4.79 Å². The second kappa shape index (κ2) is 7.99. The van der Waals surface area contributed by atoms with E-state index in [1.165, 1.54) is 12.8 Å². The maximum Gasteiger partial charge on any atom is 0.225 e. The van der Waals surface area contributed by atoms with Crippen LogP contribution in [0.15, 0.2) is 0 Å². The van der Waals surface area contributed by atoms with Crippen molar-refractivity contribution in [3.8, 4) is 0 Å². The zero-order valence-corrected chi connectivity index (χ0v) is 12.9. The van der Waals surface area contributed by atoms with Gasteiger partial charge >= 0.3 is 0 Å². The van der Waals surface area contributed by atoms with Crippen LogP contribution in [0.25, 0.3) is 0 Å². The number of nitrogens with two attached hydrogens (primary N) is 1. The van der Waals surface area contributed by atoms with Crippen LogP contribution < -0.4 is 5.73 Å². The first-order valence-electron chi connectivity index (χ1n) is 8.35. The second-order valence-corrected chi connectivity index (χ2v) is 6.31. The molecule has 1 saturated carbocycles. The Morgan fingerprint density at radius 2 is 2.15 bits per heavy atom. The van der Waals surface area contributed by atoms with Crippen LogP contribution in [0.4, 0.5) is 0 Å². The monoisotopic (exact) mass is 282 g/mol. The Morgan fingerprint density at radius 1 is 1.30 bits per heavy atom. The number of hydrogen-bond acceptors (Lipinski definition) is 3. The number of likely N-dealkylation sites (tertiary alicyclic amines) is 1. The highest BCUT2D eigenvalue weighted by Gasteiger charge is 2.32. The van der Waals surface area contributed by atoms with Crippen LogP contribution in [-0.2, 0) is 9.53 Å². The fourth-order valence-corrected chi connectivity index (χ4v) is 3.78. The SMILES string of the molecule is CCOC1CCCN(C(=O)C2CCCC(CCN)C2)C1. The van der Waals surface area contributed by atoms with Gasteiger partial charge in [0.15, 0.2) is 0 Å². The zero-order chi connectivity index (χ0) is 14.4. The molecule has 20 heavy (non-hydrogen) atoms. The molecule has 1 amide bonds. The summed E-state index contributed by atoms with van der Waals surface area (Å²) in [4.78, 5) is 14.7. The van der Waals surface area contributed by atoms with E-state index in [0.717, 1.165) is 58.3 Å². The Balaban J connectivity index is 1.86. The highest BCUT2D eigenvalue weighted by molar-refractivity contribution is 5.79. The molecule has 2 rings (SSSR count). The van der Waals surface area contributed by atoms with Crippen molar-refractivity contribution in [3.05, 3.63) is 0 Å². The van der Waals surface area contributed by atoms with Crippen LogP contribution in [0, 0.1) is 11.8 Å². The van der Waals surface area contributed by atoms with Crippen molar-refractivity contribution in [1.82, 2.24) is 4.90 Å². The number of ether oxygens (including phenoxy) is 1. The van der Waals surface area contributed by atoms with Crippen LogP contribution in [0.5, 0.6) is 0 Å². The summed E-state index contributed by atoms with van der Waals surface area (Å²) in [7, 11) is 0. The van der Waals surface area contributed by atoms with Gasteiger partial charge in [-0.2, -0.15) is 0 Å². The van der Waals surface area contributed by atoms with Crippen LogP contribution in [0.3, 0.4) is 0 Å². The average molecular weight is 282 g/mol. The molecule has 1 saturated heterocycles. The fraction of sp³-hybridized carbons (Fsp3) is 0.938. The Hall–Kier alpha value is -0.610. The number of carbonyl (C=O) groups is 1. The van der Waals surface area contributed by atoms with Crippen molar-refractivity contribution in [1.29, 1.82) is 0 Å². The van der Waals surface area contributed by atoms with E-state index < -0.39 is 0 Å². The molecule has 0 aromatic heterocycles. The molecule has 1 heterocycles. The number of nitrogens with zero attached hydrogens (tertiary/aromatic N) is 1. The first kappa shape index (κ1) is 15.8. The normalized spacial score (nSPS) is 31.3. The van der Waals surface area contributed by atoms with Gasteiger partial charge in [-0.1, -0.05) is 12.8 Å². The summed E-state index contributed by atoms with van der Waals surface area (Å²) < 4.78 is 5.70. The molecular weight excluding hydrogens is 252 g/mol. The van der Waals surface area contributed by atoms with Gasteiger partial charge < -0.3 is 15.4 Å². The molecule has 1 aliphatic heterocycles. The molecule has 2 fully saturated rings. The van der Waals surface area contributed by atoms with Crippen molar-refractivity contribution in [2.45, 2.75) is 58.0 Å². The molecule has 3 unspecified atom stereocenters. The van der Waals surface area contributed by atoms with Gasteiger partial charge in [-0.15, -0.1) is 0 Å². The van der Waals surface area contributed by atoms with Gasteiger partial charge in [0, 0.05) is 25.6 Å². The summed E-state index contributed by atoms with van der Waals surface area (Å²) in [5.41, 5.74) is 5.66. The van der Waals surface area contributed by atoms with Crippen molar-refractivity contribution >= 4 is 5.91 Å². The number of hydrogen-bond donors (Lipinski definition) is 1. The lowest BCUT2D eigenvalue weighted by molar-refractivity contribution is -0.141. The van der Waals surface area contributed by atoms with Crippen molar-refractivity contribution in [2.24, 2.45) is 17.6 Å². The van der Waals surface area contributed by atoms with E-state index in [1.54, 1.807) is 0 Å². The van der Waals surface area contributed by atoms with Crippen LogP contribution in [-0.4, -0.2) is 43.2 Å². The topological polar surface area (TPSA) is 55.6 Å². The lowest BCUT2D eigenvalue weighted by Crippen LogP contribution is -2.46. The molecule has 0 radical (unpaired) electrons. The number of amides is 1. The van der Waals surface area contributed by atoms with E-state index in [-0.39, 0.29) is 12.0 Å². The van der Waals surface area contributed by atoms with Crippen LogP contribution >= 0.6 is 0 Å². The standard InChI is InChI=1S/C16H30N2O2/c1-2-20-15-7-4-10-18(12-15)16(19)14-6-3-5-13(11-14)8-9-17/h13-15H,2-12,17H2,1H3. The van der Waals surface area contributed by atoms with Crippen molar-refractivity contribution in [3.63, 3.8) is 0 Å². The number of rotatable bonds is 5. The predicted octanol–water partition coefficient (Wildman–Crippen LogP) is 2.17. The quantitative estimate of drug-likeness (QED) is 0.841. The first-order chi connectivity index (χ1) is 9.74. The maximum atomic E-state index is 12.7. The van der Waals surface area contributed by atoms with E-state index >= 15 is 0 Å². The molecule has 0 bridgehead atoms. The van der Waals surface area contributed by atoms with Crippen LogP contribution in [0.1, 0.15) is 51.9 Å². The van der Waals surface area contributed by atoms with Gasteiger partial charge in [-0.25, -0.2) is 0 Å².